The molecule has 0 aromatic carbocycles. The van der Waals surface area contributed by atoms with Crippen molar-refractivity contribution in [3.8, 4) is 0 Å². The zero-order chi connectivity index (χ0) is 13.1. The summed E-state index contributed by atoms with van der Waals surface area (Å²) in [6.45, 7) is 7.28. The Morgan fingerprint density at radius 3 is 1.42 bits per heavy atom. The Balaban J connectivity index is 0.000000259. The zero-order valence-electron chi connectivity index (χ0n) is 12.7. The van der Waals surface area contributed by atoms with Gasteiger partial charge < -0.3 is 17.7 Å². The summed E-state index contributed by atoms with van der Waals surface area (Å²) in [6, 6.07) is 0. The Morgan fingerprint density at radius 2 is 1.26 bits per heavy atom. The second kappa shape index (κ2) is 13.4. The molecule has 2 heteroatoms. The summed E-state index contributed by atoms with van der Waals surface area (Å²) in [6.07, 6.45) is 18.0. The molecule has 19 heavy (non-hydrogen) atoms. The Labute approximate surface area is 135 Å². The molecule has 1 saturated heterocycles. The van der Waals surface area contributed by atoms with Gasteiger partial charge in [0.05, 0.1) is 0 Å². The van der Waals surface area contributed by atoms with Crippen LogP contribution in [-0.2, 0) is 26.5 Å². The SMILES string of the molecule is C1CCCC1.C1CCCC1.[CH2-]C1COCC1=[C-]C.[Ti+2]. The van der Waals surface area contributed by atoms with Crippen molar-refractivity contribution in [1.29, 1.82) is 0 Å². The van der Waals surface area contributed by atoms with E-state index in [-0.39, 0.29) is 21.7 Å². The van der Waals surface area contributed by atoms with E-state index in [0.717, 1.165) is 13.2 Å². The van der Waals surface area contributed by atoms with Crippen molar-refractivity contribution in [1.82, 2.24) is 0 Å². The first-order valence-electron chi connectivity index (χ1n) is 7.79. The van der Waals surface area contributed by atoms with Gasteiger partial charge in [-0.1, -0.05) is 64.2 Å². The molecule has 1 heterocycles. The normalized spacial score (nSPS) is 27.1. The molecule has 0 aromatic rings. The van der Waals surface area contributed by atoms with Crippen LogP contribution < -0.4 is 0 Å². The van der Waals surface area contributed by atoms with E-state index in [4.69, 9.17) is 4.74 Å². The van der Waals surface area contributed by atoms with Gasteiger partial charge in [0, 0.05) is 13.2 Å². The average Bonchev–Trinajstić information content (AvgIpc) is 3.16. The summed E-state index contributed by atoms with van der Waals surface area (Å²) in [5.74, 6) is 0.361. The Morgan fingerprint density at radius 1 is 0.895 bits per heavy atom. The second-order valence-corrected chi connectivity index (χ2v) is 5.52. The number of rotatable bonds is 0. The third-order valence-corrected chi connectivity index (χ3v) is 3.89. The van der Waals surface area contributed by atoms with Crippen molar-refractivity contribution in [3.63, 3.8) is 0 Å². The minimum absolute atomic E-state index is 0. The summed E-state index contributed by atoms with van der Waals surface area (Å²) >= 11 is 0. The molecule has 0 spiro atoms. The van der Waals surface area contributed by atoms with Crippen LogP contribution in [-0.4, -0.2) is 13.2 Å². The maximum Gasteiger partial charge on any atom is 2.00 e. The fraction of sp³-hybridized carbons (Fsp3) is 0.824. The van der Waals surface area contributed by atoms with Gasteiger partial charge in [-0.2, -0.15) is 12.8 Å². The first-order chi connectivity index (χ1) is 8.84. The Hall–Kier alpha value is 0.414. The van der Waals surface area contributed by atoms with Crippen LogP contribution >= 0.6 is 0 Å². The van der Waals surface area contributed by atoms with E-state index >= 15 is 0 Å². The van der Waals surface area contributed by atoms with Crippen molar-refractivity contribution in [3.05, 3.63) is 18.6 Å². The van der Waals surface area contributed by atoms with Crippen LogP contribution in [0.25, 0.3) is 0 Å². The largest absolute Gasteiger partial charge is 2.00 e. The first-order valence-corrected chi connectivity index (χ1v) is 7.79. The van der Waals surface area contributed by atoms with Crippen molar-refractivity contribution in [2.45, 2.75) is 71.1 Å². The molecule has 0 amide bonds. The number of ether oxygens (including phenoxy) is 1. The third kappa shape index (κ3) is 9.88. The molecular formula is C17H30OTi. The van der Waals surface area contributed by atoms with E-state index in [2.05, 4.69) is 13.0 Å². The minimum Gasteiger partial charge on any atom is -0.500 e. The molecule has 1 unspecified atom stereocenters. The van der Waals surface area contributed by atoms with Crippen molar-refractivity contribution < 1.29 is 26.5 Å². The molecule has 1 atom stereocenters. The van der Waals surface area contributed by atoms with Gasteiger partial charge >= 0.3 is 21.7 Å². The van der Waals surface area contributed by atoms with Gasteiger partial charge in [0.2, 0.25) is 0 Å². The monoisotopic (exact) mass is 298 g/mol. The molecule has 3 rings (SSSR count). The van der Waals surface area contributed by atoms with Crippen LogP contribution in [0.5, 0.6) is 0 Å². The van der Waals surface area contributed by atoms with Gasteiger partial charge in [0.15, 0.2) is 0 Å². The second-order valence-electron chi connectivity index (χ2n) is 5.52. The summed E-state index contributed by atoms with van der Waals surface area (Å²) in [4.78, 5) is 0. The predicted molar refractivity (Wildman–Crippen MR) is 78.3 cm³/mol. The third-order valence-electron chi connectivity index (χ3n) is 3.89. The summed E-state index contributed by atoms with van der Waals surface area (Å²) < 4.78 is 5.10. The van der Waals surface area contributed by atoms with E-state index in [1.54, 1.807) is 0 Å². The molecule has 2 aliphatic carbocycles. The maximum atomic E-state index is 5.10. The number of allylic oxidation sites excluding steroid dienone is 1. The molecule has 0 N–H and O–H groups in total. The number of hydrogen-bond acceptors (Lipinski definition) is 1. The van der Waals surface area contributed by atoms with Gasteiger partial charge in [-0.15, -0.1) is 0 Å². The topological polar surface area (TPSA) is 9.23 Å². The number of hydrogen-bond donors (Lipinski definition) is 0. The van der Waals surface area contributed by atoms with E-state index in [1.165, 1.54) is 69.8 Å². The molecule has 0 radical (unpaired) electrons. The molecule has 108 valence electrons. The first kappa shape index (κ1) is 19.4. The molecule has 1 aliphatic heterocycles. The predicted octanol–water partition coefficient (Wildman–Crippen LogP) is 5.11. The smallest absolute Gasteiger partial charge is 0.500 e. The Kier molecular flexibility index (Phi) is 13.7. The van der Waals surface area contributed by atoms with Crippen LogP contribution in [0.3, 0.4) is 0 Å². The maximum absolute atomic E-state index is 5.10. The van der Waals surface area contributed by atoms with Crippen molar-refractivity contribution in [2.75, 3.05) is 13.2 Å². The van der Waals surface area contributed by atoms with Gasteiger partial charge in [-0.05, 0) is 0 Å². The van der Waals surface area contributed by atoms with Crippen LogP contribution in [0.2, 0.25) is 0 Å². The van der Waals surface area contributed by atoms with Gasteiger partial charge in [0.25, 0.3) is 0 Å². The summed E-state index contributed by atoms with van der Waals surface area (Å²) in [7, 11) is 0. The van der Waals surface area contributed by atoms with Crippen LogP contribution in [0.1, 0.15) is 71.1 Å². The minimum atomic E-state index is 0. The average molecular weight is 298 g/mol. The summed E-state index contributed by atoms with van der Waals surface area (Å²) in [5, 5.41) is 0. The molecule has 3 fully saturated rings. The van der Waals surface area contributed by atoms with Crippen LogP contribution in [0.4, 0.5) is 0 Å². The molecule has 0 bridgehead atoms. The van der Waals surface area contributed by atoms with E-state index in [0.29, 0.717) is 5.92 Å². The Bertz CT molecular complexity index is 192. The molecule has 0 aromatic heterocycles. The summed E-state index contributed by atoms with van der Waals surface area (Å²) in [5.41, 5.74) is 1.21. The van der Waals surface area contributed by atoms with E-state index in [9.17, 15) is 0 Å². The molecule has 3 aliphatic rings. The van der Waals surface area contributed by atoms with Gasteiger partial charge in [0.1, 0.15) is 0 Å². The standard InChI is InChI=1S/C7H10O.2C5H10.Ti/c1-3-7-5-8-4-6(7)2;2*1-2-4-5-3-1;/h6H,2,4-5H2,1H3;2*1-5H2;/q-2;;;+2. The molecule has 1 nitrogen and oxygen atoms in total. The molecule has 2 saturated carbocycles. The molecular weight excluding hydrogens is 268 g/mol. The fourth-order valence-electron chi connectivity index (χ4n) is 2.57. The van der Waals surface area contributed by atoms with Crippen LogP contribution in [0, 0.1) is 18.9 Å². The van der Waals surface area contributed by atoms with Gasteiger partial charge in [-0.25, -0.2) is 0 Å². The van der Waals surface area contributed by atoms with Crippen molar-refractivity contribution in [2.24, 2.45) is 5.92 Å². The van der Waals surface area contributed by atoms with E-state index < -0.39 is 0 Å². The quantitative estimate of drug-likeness (QED) is 0.446. The zero-order valence-corrected chi connectivity index (χ0v) is 14.2. The van der Waals surface area contributed by atoms with E-state index in [1.807, 2.05) is 6.92 Å². The van der Waals surface area contributed by atoms with Gasteiger partial charge in [-0.3, -0.25) is 5.57 Å². The van der Waals surface area contributed by atoms with Crippen molar-refractivity contribution >= 4 is 0 Å². The van der Waals surface area contributed by atoms with Crippen LogP contribution in [0.15, 0.2) is 5.57 Å². The fourth-order valence-corrected chi connectivity index (χ4v) is 2.57.